The lowest BCUT2D eigenvalue weighted by atomic mass is 10.0. The number of anilines is 2. The van der Waals surface area contributed by atoms with E-state index >= 15 is 0 Å². The average molecular weight is 269 g/mol. The standard InChI is InChI=1S/C15H19N5/c1-11-17-14(19-16)9-15(18-11)20-8-4-7-12-5-2-3-6-13(12)10-20/h2-3,5-6,9H,4,7-8,10,16H2,1H3,(H,17,18,19). The van der Waals surface area contributed by atoms with Gasteiger partial charge in [-0.25, -0.2) is 15.8 Å². The van der Waals surface area contributed by atoms with Crippen LogP contribution in [0.4, 0.5) is 11.6 Å². The lowest BCUT2D eigenvalue weighted by Crippen LogP contribution is -2.24. The van der Waals surface area contributed by atoms with Crippen molar-refractivity contribution in [1.29, 1.82) is 0 Å². The fourth-order valence-corrected chi connectivity index (χ4v) is 2.68. The highest BCUT2D eigenvalue weighted by Crippen LogP contribution is 2.23. The number of nitrogens with two attached hydrogens (primary N) is 1. The first-order valence-corrected chi connectivity index (χ1v) is 6.90. The summed E-state index contributed by atoms with van der Waals surface area (Å²) in [4.78, 5) is 11.1. The fraction of sp³-hybridized carbons (Fsp3) is 0.333. The molecular weight excluding hydrogens is 250 g/mol. The maximum Gasteiger partial charge on any atom is 0.145 e. The molecule has 1 aromatic carbocycles. The van der Waals surface area contributed by atoms with Gasteiger partial charge in [0.05, 0.1) is 0 Å². The predicted molar refractivity (Wildman–Crippen MR) is 80.4 cm³/mol. The molecule has 1 aliphatic rings. The first-order chi connectivity index (χ1) is 9.76. The van der Waals surface area contributed by atoms with Crippen LogP contribution >= 0.6 is 0 Å². The lowest BCUT2D eigenvalue weighted by Gasteiger charge is -2.22. The van der Waals surface area contributed by atoms with Crippen molar-refractivity contribution in [1.82, 2.24) is 9.97 Å². The van der Waals surface area contributed by atoms with Crippen LogP contribution in [0.25, 0.3) is 0 Å². The number of hydrogen-bond donors (Lipinski definition) is 2. The normalized spacial score (nSPS) is 14.6. The van der Waals surface area contributed by atoms with Gasteiger partial charge in [0.1, 0.15) is 17.5 Å². The molecule has 1 aromatic heterocycles. The quantitative estimate of drug-likeness (QED) is 0.645. The van der Waals surface area contributed by atoms with Crippen LogP contribution in [-0.2, 0) is 13.0 Å². The number of nitrogens with one attached hydrogen (secondary N) is 1. The molecule has 0 saturated carbocycles. The highest BCUT2D eigenvalue weighted by Gasteiger charge is 2.16. The Labute approximate surface area is 118 Å². The summed E-state index contributed by atoms with van der Waals surface area (Å²) in [6, 6.07) is 10.5. The molecule has 5 nitrogen and oxygen atoms in total. The van der Waals surface area contributed by atoms with E-state index in [9.17, 15) is 0 Å². The zero-order chi connectivity index (χ0) is 13.9. The maximum absolute atomic E-state index is 5.47. The van der Waals surface area contributed by atoms with Crippen LogP contribution in [0, 0.1) is 6.92 Å². The summed E-state index contributed by atoms with van der Waals surface area (Å²) < 4.78 is 0. The van der Waals surface area contributed by atoms with Gasteiger partial charge in [-0.2, -0.15) is 0 Å². The minimum absolute atomic E-state index is 0.657. The topological polar surface area (TPSA) is 67.1 Å². The minimum Gasteiger partial charge on any atom is -0.352 e. The number of nitrogens with zero attached hydrogens (tertiary/aromatic N) is 3. The summed E-state index contributed by atoms with van der Waals surface area (Å²) in [7, 11) is 0. The lowest BCUT2D eigenvalue weighted by molar-refractivity contribution is 0.750. The number of aryl methyl sites for hydroxylation is 2. The summed E-state index contributed by atoms with van der Waals surface area (Å²) in [5, 5.41) is 0. The van der Waals surface area contributed by atoms with Crippen molar-refractivity contribution in [3.05, 3.63) is 47.3 Å². The van der Waals surface area contributed by atoms with Crippen molar-refractivity contribution in [3.8, 4) is 0 Å². The van der Waals surface area contributed by atoms with Crippen molar-refractivity contribution in [2.75, 3.05) is 16.9 Å². The molecule has 2 heterocycles. The Balaban J connectivity index is 1.93. The number of benzene rings is 1. The predicted octanol–water partition coefficient (Wildman–Crippen LogP) is 2.02. The number of hydrazine groups is 1. The maximum atomic E-state index is 5.47. The van der Waals surface area contributed by atoms with Gasteiger partial charge in [-0.1, -0.05) is 24.3 Å². The van der Waals surface area contributed by atoms with Gasteiger partial charge in [0.25, 0.3) is 0 Å². The Morgan fingerprint density at radius 3 is 2.80 bits per heavy atom. The van der Waals surface area contributed by atoms with E-state index in [4.69, 9.17) is 5.84 Å². The zero-order valence-electron chi connectivity index (χ0n) is 11.6. The van der Waals surface area contributed by atoms with Crippen molar-refractivity contribution in [3.63, 3.8) is 0 Å². The number of fused-ring (bicyclic) bond motifs is 1. The van der Waals surface area contributed by atoms with Crippen molar-refractivity contribution >= 4 is 11.6 Å². The van der Waals surface area contributed by atoms with Crippen LogP contribution in [0.1, 0.15) is 23.4 Å². The third-order valence-corrected chi connectivity index (χ3v) is 3.65. The van der Waals surface area contributed by atoms with Crippen molar-refractivity contribution < 1.29 is 0 Å². The third-order valence-electron chi connectivity index (χ3n) is 3.65. The number of nitrogen functional groups attached to an aromatic ring is 1. The summed E-state index contributed by atoms with van der Waals surface area (Å²) in [6.45, 7) is 3.77. The number of rotatable bonds is 2. The largest absolute Gasteiger partial charge is 0.352 e. The van der Waals surface area contributed by atoms with Gasteiger partial charge in [0, 0.05) is 19.2 Å². The Bertz CT molecular complexity index is 611. The van der Waals surface area contributed by atoms with Gasteiger partial charge >= 0.3 is 0 Å². The number of hydrogen-bond acceptors (Lipinski definition) is 5. The summed E-state index contributed by atoms with van der Waals surface area (Å²) in [6.07, 6.45) is 2.25. The highest BCUT2D eigenvalue weighted by atomic mass is 15.3. The van der Waals surface area contributed by atoms with E-state index in [-0.39, 0.29) is 0 Å². The molecule has 0 aliphatic carbocycles. The van der Waals surface area contributed by atoms with E-state index in [0.29, 0.717) is 5.82 Å². The molecule has 5 heteroatoms. The van der Waals surface area contributed by atoms with Crippen molar-refractivity contribution in [2.24, 2.45) is 5.84 Å². The van der Waals surface area contributed by atoms with E-state index < -0.39 is 0 Å². The summed E-state index contributed by atoms with van der Waals surface area (Å²) in [5.41, 5.74) is 5.43. The Hall–Kier alpha value is -2.14. The first kappa shape index (κ1) is 12.9. The van der Waals surface area contributed by atoms with Crippen LogP contribution in [0.5, 0.6) is 0 Å². The number of aromatic nitrogens is 2. The molecule has 1 aliphatic heterocycles. The smallest absolute Gasteiger partial charge is 0.145 e. The van der Waals surface area contributed by atoms with Crippen molar-refractivity contribution in [2.45, 2.75) is 26.3 Å². The molecule has 0 amide bonds. The molecule has 0 bridgehead atoms. The first-order valence-electron chi connectivity index (χ1n) is 6.90. The van der Waals surface area contributed by atoms with Crippen LogP contribution in [0.3, 0.4) is 0 Å². The van der Waals surface area contributed by atoms with Crippen LogP contribution in [0.15, 0.2) is 30.3 Å². The van der Waals surface area contributed by atoms with E-state index in [1.807, 2.05) is 13.0 Å². The summed E-state index contributed by atoms with van der Waals surface area (Å²) in [5.74, 6) is 7.79. The van der Waals surface area contributed by atoms with Gasteiger partial charge in [-0.05, 0) is 30.9 Å². The molecule has 2 aromatic rings. The monoisotopic (exact) mass is 269 g/mol. The van der Waals surface area contributed by atoms with E-state index in [0.717, 1.165) is 37.6 Å². The molecule has 0 spiro atoms. The Kier molecular flexibility index (Phi) is 3.52. The molecule has 104 valence electrons. The Morgan fingerprint density at radius 2 is 2.00 bits per heavy atom. The minimum atomic E-state index is 0.657. The van der Waals surface area contributed by atoms with Gasteiger partial charge in [-0.3, -0.25) is 0 Å². The third kappa shape index (κ3) is 2.58. The highest BCUT2D eigenvalue weighted by molar-refractivity contribution is 5.50. The molecule has 0 fully saturated rings. The molecule has 3 rings (SSSR count). The fourth-order valence-electron chi connectivity index (χ4n) is 2.68. The van der Waals surface area contributed by atoms with E-state index in [2.05, 4.69) is 44.6 Å². The molecule has 0 atom stereocenters. The zero-order valence-corrected chi connectivity index (χ0v) is 11.6. The molecule has 0 unspecified atom stereocenters. The second kappa shape index (κ2) is 5.46. The average Bonchev–Trinajstić information content (AvgIpc) is 2.68. The molecule has 20 heavy (non-hydrogen) atoms. The molecule has 0 saturated heterocycles. The Morgan fingerprint density at radius 1 is 1.20 bits per heavy atom. The second-order valence-corrected chi connectivity index (χ2v) is 5.10. The second-order valence-electron chi connectivity index (χ2n) is 5.10. The van der Waals surface area contributed by atoms with Crippen LogP contribution < -0.4 is 16.2 Å². The van der Waals surface area contributed by atoms with Gasteiger partial charge in [0.2, 0.25) is 0 Å². The molecular formula is C15H19N5. The summed E-state index contributed by atoms with van der Waals surface area (Å²) >= 11 is 0. The van der Waals surface area contributed by atoms with E-state index in [1.54, 1.807) is 0 Å². The van der Waals surface area contributed by atoms with E-state index in [1.165, 1.54) is 11.1 Å². The molecule has 0 radical (unpaired) electrons. The van der Waals surface area contributed by atoms with Crippen LogP contribution in [-0.4, -0.2) is 16.5 Å². The van der Waals surface area contributed by atoms with Crippen LogP contribution in [0.2, 0.25) is 0 Å². The van der Waals surface area contributed by atoms with Gasteiger partial charge in [-0.15, -0.1) is 0 Å². The molecule has 3 N–H and O–H groups in total. The van der Waals surface area contributed by atoms with Gasteiger partial charge < -0.3 is 10.3 Å². The van der Waals surface area contributed by atoms with Gasteiger partial charge in [0.15, 0.2) is 0 Å². The SMILES string of the molecule is Cc1nc(NN)cc(N2CCCc3ccccc3C2)n1.